The van der Waals surface area contributed by atoms with Crippen LogP contribution in [0, 0.1) is 13.8 Å². The lowest BCUT2D eigenvalue weighted by Crippen LogP contribution is -2.36. The number of nitrogen functional groups attached to an aromatic ring is 1. The molecule has 0 radical (unpaired) electrons. The fourth-order valence-corrected chi connectivity index (χ4v) is 3.80. The summed E-state index contributed by atoms with van der Waals surface area (Å²) >= 11 is 0. The summed E-state index contributed by atoms with van der Waals surface area (Å²) in [6, 6.07) is 3.59. The van der Waals surface area contributed by atoms with Crippen molar-refractivity contribution in [2.45, 2.75) is 39.5 Å². The van der Waals surface area contributed by atoms with Gasteiger partial charge in [-0.3, -0.25) is 4.72 Å². The first-order chi connectivity index (χ1) is 9.40. The average Bonchev–Trinajstić information content (AvgIpc) is 2.65. The molecular formula is C14H23N3O2S. The summed E-state index contributed by atoms with van der Waals surface area (Å²) in [7, 11) is -3.47. The Bertz CT molecular complexity index is 576. The third-order valence-corrected chi connectivity index (χ3v) is 5.28. The summed E-state index contributed by atoms with van der Waals surface area (Å²) in [4.78, 5) is 0. The first-order valence-corrected chi connectivity index (χ1v) is 8.49. The summed E-state index contributed by atoms with van der Waals surface area (Å²) in [5, 5.41) is 0. The first-order valence-electron chi connectivity index (χ1n) is 7.05. The lowest BCUT2D eigenvalue weighted by molar-refractivity contribution is 0.427. The second-order valence-electron chi connectivity index (χ2n) is 5.44. The molecule has 2 rings (SSSR count). The Morgan fingerprint density at radius 1 is 1.05 bits per heavy atom. The Morgan fingerprint density at radius 2 is 1.65 bits per heavy atom. The van der Waals surface area contributed by atoms with Crippen molar-refractivity contribution in [3.63, 3.8) is 0 Å². The van der Waals surface area contributed by atoms with Gasteiger partial charge in [0, 0.05) is 18.8 Å². The standard InChI is InChI=1S/C14H23N3O2S/c1-11-10-14(12(2)9-13(11)15)16-20(18,19)17-7-5-3-4-6-8-17/h9-10,16H,3-8,15H2,1-2H3. The predicted octanol–water partition coefficient (Wildman–Crippen LogP) is 2.42. The van der Waals surface area contributed by atoms with Gasteiger partial charge in [-0.25, -0.2) is 0 Å². The molecule has 3 N–H and O–H groups in total. The number of hydrogen-bond acceptors (Lipinski definition) is 3. The SMILES string of the molecule is Cc1cc(NS(=O)(=O)N2CCCCCC2)c(C)cc1N. The number of aryl methyl sites for hydroxylation is 2. The van der Waals surface area contributed by atoms with E-state index in [1.807, 2.05) is 13.8 Å². The van der Waals surface area contributed by atoms with Crippen molar-refractivity contribution in [3.05, 3.63) is 23.3 Å². The van der Waals surface area contributed by atoms with E-state index in [0.717, 1.165) is 36.8 Å². The summed E-state index contributed by atoms with van der Waals surface area (Å²) in [6.45, 7) is 4.93. The normalized spacial score (nSPS) is 17.7. The van der Waals surface area contributed by atoms with E-state index < -0.39 is 10.2 Å². The highest BCUT2D eigenvalue weighted by molar-refractivity contribution is 7.90. The molecule has 0 aliphatic carbocycles. The lowest BCUT2D eigenvalue weighted by Gasteiger charge is -2.22. The minimum atomic E-state index is -3.47. The molecule has 0 amide bonds. The molecule has 20 heavy (non-hydrogen) atoms. The van der Waals surface area contributed by atoms with Crippen molar-refractivity contribution >= 4 is 21.6 Å². The Morgan fingerprint density at radius 3 is 2.25 bits per heavy atom. The fraction of sp³-hybridized carbons (Fsp3) is 0.571. The smallest absolute Gasteiger partial charge is 0.301 e. The van der Waals surface area contributed by atoms with Crippen molar-refractivity contribution in [2.75, 3.05) is 23.5 Å². The van der Waals surface area contributed by atoms with Gasteiger partial charge in [0.1, 0.15) is 0 Å². The molecule has 1 fully saturated rings. The second-order valence-corrected chi connectivity index (χ2v) is 7.11. The van der Waals surface area contributed by atoms with Gasteiger partial charge in [-0.05, 0) is 49.9 Å². The zero-order valence-electron chi connectivity index (χ0n) is 12.1. The monoisotopic (exact) mass is 297 g/mol. The van der Waals surface area contributed by atoms with Gasteiger partial charge in [-0.1, -0.05) is 12.8 Å². The van der Waals surface area contributed by atoms with Crippen molar-refractivity contribution in [3.8, 4) is 0 Å². The first kappa shape index (κ1) is 15.1. The third kappa shape index (κ3) is 3.43. The van der Waals surface area contributed by atoms with E-state index in [4.69, 9.17) is 5.73 Å². The molecule has 0 aromatic heterocycles. The zero-order valence-corrected chi connectivity index (χ0v) is 13.0. The maximum Gasteiger partial charge on any atom is 0.301 e. The van der Waals surface area contributed by atoms with Crippen molar-refractivity contribution in [1.29, 1.82) is 0 Å². The highest BCUT2D eigenvalue weighted by Crippen LogP contribution is 2.24. The molecule has 1 saturated heterocycles. The molecule has 1 aromatic carbocycles. The highest BCUT2D eigenvalue weighted by atomic mass is 32.2. The van der Waals surface area contributed by atoms with Crippen LogP contribution in [0.1, 0.15) is 36.8 Å². The number of nitrogens with zero attached hydrogens (tertiary/aromatic N) is 1. The molecule has 0 saturated carbocycles. The van der Waals surface area contributed by atoms with Crippen LogP contribution in [0.3, 0.4) is 0 Å². The Kier molecular flexibility index (Phi) is 4.55. The van der Waals surface area contributed by atoms with Crippen LogP contribution in [0.4, 0.5) is 11.4 Å². The van der Waals surface area contributed by atoms with Crippen molar-refractivity contribution < 1.29 is 8.42 Å². The number of benzene rings is 1. The molecule has 0 spiro atoms. The van der Waals surface area contributed by atoms with E-state index in [2.05, 4.69) is 4.72 Å². The van der Waals surface area contributed by atoms with Crippen LogP contribution in [-0.4, -0.2) is 25.8 Å². The largest absolute Gasteiger partial charge is 0.399 e. The van der Waals surface area contributed by atoms with E-state index in [9.17, 15) is 8.42 Å². The maximum atomic E-state index is 12.4. The molecule has 1 aliphatic rings. The highest BCUT2D eigenvalue weighted by Gasteiger charge is 2.23. The van der Waals surface area contributed by atoms with Gasteiger partial charge < -0.3 is 5.73 Å². The summed E-state index contributed by atoms with van der Waals surface area (Å²) < 4.78 is 29.1. The molecule has 6 heteroatoms. The predicted molar refractivity (Wildman–Crippen MR) is 82.9 cm³/mol. The molecule has 0 bridgehead atoms. The molecule has 0 atom stereocenters. The topological polar surface area (TPSA) is 75.4 Å². The number of anilines is 2. The van der Waals surface area contributed by atoms with E-state index in [1.165, 1.54) is 0 Å². The molecule has 5 nitrogen and oxygen atoms in total. The van der Waals surface area contributed by atoms with Crippen molar-refractivity contribution in [1.82, 2.24) is 4.31 Å². The van der Waals surface area contributed by atoms with Crippen LogP contribution in [-0.2, 0) is 10.2 Å². The number of hydrogen-bond donors (Lipinski definition) is 2. The van der Waals surface area contributed by atoms with E-state index in [1.54, 1.807) is 16.4 Å². The van der Waals surface area contributed by atoms with E-state index >= 15 is 0 Å². The maximum absolute atomic E-state index is 12.4. The van der Waals surface area contributed by atoms with Gasteiger partial charge in [-0.15, -0.1) is 0 Å². The fourth-order valence-electron chi connectivity index (χ4n) is 2.43. The number of nitrogens with two attached hydrogens (primary N) is 1. The molecular weight excluding hydrogens is 274 g/mol. The van der Waals surface area contributed by atoms with Gasteiger partial charge >= 0.3 is 10.2 Å². The van der Waals surface area contributed by atoms with Gasteiger partial charge in [0.15, 0.2) is 0 Å². The molecule has 1 heterocycles. The summed E-state index contributed by atoms with van der Waals surface area (Å²) in [5.74, 6) is 0. The van der Waals surface area contributed by atoms with Gasteiger partial charge in [0.2, 0.25) is 0 Å². The van der Waals surface area contributed by atoms with Crippen molar-refractivity contribution in [2.24, 2.45) is 0 Å². The van der Waals surface area contributed by atoms with Crippen LogP contribution in [0.15, 0.2) is 12.1 Å². The van der Waals surface area contributed by atoms with E-state index in [0.29, 0.717) is 24.5 Å². The molecule has 0 unspecified atom stereocenters. The second kappa shape index (κ2) is 6.01. The summed E-state index contributed by atoms with van der Waals surface area (Å²) in [5.41, 5.74) is 8.84. The van der Waals surface area contributed by atoms with Crippen LogP contribution >= 0.6 is 0 Å². The zero-order chi connectivity index (χ0) is 14.8. The Hall–Kier alpha value is -1.27. The van der Waals surface area contributed by atoms with Crippen LogP contribution in [0.5, 0.6) is 0 Å². The number of rotatable bonds is 3. The van der Waals surface area contributed by atoms with Crippen LogP contribution < -0.4 is 10.5 Å². The molecule has 112 valence electrons. The Balaban J connectivity index is 2.21. The number of nitrogens with one attached hydrogen (secondary N) is 1. The quantitative estimate of drug-likeness (QED) is 0.841. The Labute approximate surface area is 121 Å². The average molecular weight is 297 g/mol. The summed E-state index contributed by atoms with van der Waals surface area (Å²) in [6.07, 6.45) is 4.07. The van der Waals surface area contributed by atoms with Gasteiger partial charge in [0.05, 0.1) is 5.69 Å². The van der Waals surface area contributed by atoms with Crippen LogP contribution in [0.2, 0.25) is 0 Å². The van der Waals surface area contributed by atoms with Crippen LogP contribution in [0.25, 0.3) is 0 Å². The minimum absolute atomic E-state index is 0.600. The molecule has 1 aromatic rings. The van der Waals surface area contributed by atoms with Gasteiger partial charge in [0.25, 0.3) is 0 Å². The molecule has 1 aliphatic heterocycles. The third-order valence-electron chi connectivity index (χ3n) is 3.76. The van der Waals surface area contributed by atoms with E-state index in [-0.39, 0.29) is 0 Å². The lowest BCUT2D eigenvalue weighted by atomic mass is 10.1. The van der Waals surface area contributed by atoms with Gasteiger partial charge in [-0.2, -0.15) is 12.7 Å². The minimum Gasteiger partial charge on any atom is -0.399 e.